The first-order chi connectivity index (χ1) is 9.43. The quantitative estimate of drug-likeness (QED) is 0.735. The molecular weight excluding hydrogens is 263 g/mol. The van der Waals surface area contributed by atoms with E-state index in [2.05, 4.69) is 5.32 Å². The fraction of sp³-hybridized carbons (Fsp3) is 0.429. The lowest BCUT2D eigenvalue weighted by Crippen LogP contribution is -2.48. The monoisotopic (exact) mass is 280 g/mol. The Morgan fingerprint density at radius 2 is 2.00 bits per heavy atom. The van der Waals surface area contributed by atoms with Crippen LogP contribution in [0.15, 0.2) is 18.2 Å². The van der Waals surface area contributed by atoms with Gasteiger partial charge >= 0.3 is 5.97 Å². The van der Waals surface area contributed by atoms with Crippen molar-refractivity contribution in [1.82, 2.24) is 5.32 Å². The summed E-state index contributed by atoms with van der Waals surface area (Å²) in [7, 11) is 0. The van der Waals surface area contributed by atoms with Crippen molar-refractivity contribution in [2.75, 3.05) is 5.73 Å². The van der Waals surface area contributed by atoms with Gasteiger partial charge in [0.05, 0.1) is 23.2 Å². The number of anilines is 1. The maximum absolute atomic E-state index is 13.4. The number of rotatable bonds is 4. The van der Waals surface area contributed by atoms with Crippen LogP contribution in [0.1, 0.15) is 42.5 Å². The second-order valence-electron chi connectivity index (χ2n) is 5.21. The summed E-state index contributed by atoms with van der Waals surface area (Å²) in [4.78, 5) is 23.2. The molecule has 6 heteroatoms. The number of amides is 1. The SMILES string of the molecule is Nc1c(F)cccc1C(=O)NC1(CC(=O)O)CCCC1. The van der Waals surface area contributed by atoms with E-state index in [0.717, 1.165) is 12.8 Å². The predicted molar refractivity (Wildman–Crippen MR) is 71.7 cm³/mol. The van der Waals surface area contributed by atoms with E-state index in [-0.39, 0.29) is 17.7 Å². The Morgan fingerprint density at radius 3 is 2.60 bits per heavy atom. The van der Waals surface area contributed by atoms with Crippen molar-refractivity contribution in [3.8, 4) is 0 Å². The van der Waals surface area contributed by atoms with E-state index >= 15 is 0 Å². The van der Waals surface area contributed by atoms with Crippen LogP contribution >= 0.6 is 0 Å². The summed E-state index contributed by atoms with van der Waals surface area (Å²) in [5, 5.41) is 11.7. The average molecular weight is 280 g/mol. The Bertz CT molecular complexity index is 539. The van der Waals surface area contributed by atoms with Gasteiger partial charge in [0.25, 0.3) is 5.91 Å². The van der Waals surface area contributed by atoms with Gasteiger partial charge in [0.1, 0.15) is 5.82 Å². The molecular formula is C14H17FN2O3. The smallest absolute Gasteiger partial charge is 0.305 e. The van der Waals surface area contributed by atoms with Crippen LogP contribution in [0.3, 0.4) is 0 Å². The molecule has 0 bridgehead atoms. The Morgan fingerprint density at radius 1 is 1.35 bits per heavy atom. The van der Waals surface area contributed by atoms with E-state index in [1.54, 1.807) is 0 Å². The summed E-state index contributed by atoms with van der Waals surface area (Å²) >= 11 is 0. The minimum absolute atomic E-state index is 0.0432. The number of nitrogens with one attached hydrogen (secondary N) is 1. The lowest BCUT2D eigenvalue weighted by molar-refractivity contribution is -0.138. The fourth-order valence-corrected chi connectivity index (χ4v) is 2.73. The standard InChI is InChI=1S/C14H17FN2O3/c15-10-5-3-4-9(12(10)16)13(20)17-14(8-11(18)19)6-1-2-7-14/h3-5H,1-2,6-8,16H2,(H,17,20)(H,18,19). The molecule has 0 spiro atoms. The molecule has 20 heavy (non-hydrogen) atoms. The highest BCUT2D eigenvalue weighted by atomic mass is 19.1. The number of carboxylic acids is 1. The van der Waals surface area contributed by atoms with Crippen molar-refractivity contribution in [3.05, 3.63) is 29.6 Å². The summed E-state index contributed by atoms with van der Waals surface area (Å²) < 4.78 is 13.4. The molecule has 2 rings (SSSR count). The van der Waals surface area contributed by atoms with Crippen LogP contribution in [0.25, 0.3) is 0 Å². The topological polar surface area (TPSA) is 92.4 Å². The largest absolute Gasteiger partial charge is 0.481 e. The molecule has 0 heterocycles. The van der Waals surface area contributed by atoms with Crippen LogP contribution in [0.2, 0.25) is 0 Å². The van der Waals surface area contributed by atoms with Crippen LogP contribution in [0, 0.1) is 5.82 Å². The van der Waals surface area contributed by atoms with Gasteiger partial charge in [-0.05, 0) is 25.0 Å². The van der Waals surface area contributed by atoms with Gasteiger partial charge in [0.2, 0.25) is 0 Å². The van der Waals surface area contributed by atoms with Gasteiger partial charge in [0, 0.05) is 0 Å². The molecule has 0 radical (unpaired) electrons. The van der Waals surface area contributed by atoms with Gasteiger partial charge < -0.3 is 16.2 Å². The minimum Gasteiger partial charge on any atom is -0.481 e. The van der Waals surface area contributed by atoms with Gasteiger partial charge in [-0.25, -0.2) is 4.39 Å². The number of hydrogen-bond acceptors (Lipinski definition) is 3. The van der Waals surface area contributed by atoms with Crippen molar-refractivity contribution < 1.29 is 19.1 Å². The van der Waals surface area contributed by atoms with Crippen molar-refractivity contribution in [3.63, 3.8) is 0 Å². The molecule has 1 aromatic rings. The molecule has 1 amide bonds. The molecule has 1 aliphatic rings. The zero-order valence-corrected chi connectivity index (χ0v) is 11.0. The second-order valence-corrected chi connectivity index (χ2v) is 5.21. The number of nitrogens with two attached hydrogens (primary N) is 1. The van der Waals surface area contributed by atoms with E-state index < -0.39 is 23.2 Å². The first kappa shape index (κ1) is 14.3. The van der Waals surface area contributed by atoms with Crippen LogP contribution < -0.4 is 11.1 Å². The summed E-state index contributed by atoms with van der Waals surface area (Å²) in [6.07, 6.45) is 2.83. The number of carbonyl (C=O) groups excluding carboxylic acids is 1. The molecule has 108 valence electrons. The number of carboxylic acid groups (broad SMARTS) is 1. The number of hydrogen-bond donors (Lipinski definition) is 3. The third kappa shape index (κ3) is 2.89. The molecule has 4 N–H and O–H groups in total. The third-order valence-electron chi connectivity index (χ3n) is 3.73. The van der Waals surface area contributed by atoms with E-state index in [1.165, 1.54) is 18.2 Å². The lowest BCUT2D eigenvalue weighted by atomic mass is 9.92. The number of carbonyl (C=O) groups is 2. The Hall–Kier alpha value is -2.11. The predicted octanol–water partition coefficient (Wildman–Crippen LogP) is 1.93. The third-order valence-corrected chi connectivity index (χ3v) is 3.73. The van der Waals surface area contributed by atoms with Crippen LogP contribution in [-0.4, -0.2) is 22.5 Å². The normalized spacial score (nSPS) is 16.9. The van der Waals surface area contributed by atoms with Gasteiger partial charge in [-0.3, -0.25) is 9.59 Å². The Labute approximate surface area is 116 Å². The summed E-state index contributed by atoms with van der Waals surface area (Å²) in [6.45, 7) is 0. The van der Waals surface area contributed by atoms with Gasteiger partial charge in [0.15, 0.2) is 0 Å². The summed E-state index contributed by atoms with van der Waals surface area (Å²) in [6, 6.07) is 4.00. The Kier molecular flexibility index (Phi) is 3.92. The number of halogens is 1. The minimum atomic E-state index is -0.959. The molecule has 0 atom stereocenters. The summed E-state index contributed by atoms with van der Waals surface area (Å²) in [5.41, 5.74) is 4.63. The molecule has 0 aromatic heterocycles. The van der Waals surface area contributed by atoms with E-state index in [4.69, 9.17) is 10.8 Å². The number of aliphatic carboxylic acids is 1. The first-order valence-electron chi connectivity index (χ1n) is 6.52. The second kappa shape index (κ2) is 5.48. The van der Waals surface area contributed by atoms with Crippen molar-refractivity contribution in [2.45, 2.75) is 37.6 Å². The average Bonchev–Trinajstić information content (AvgIpc) is 2.79. The summed E-state index contributed by atoms with van der Waals surface area (Å²) in [5.74, 6) is -2.14. The highest BCUT2D eigenvalue weighted by molar-refractivity contribution is 5.99. The van der Waals surface area contributed by atoms with Gasteiger partial charge in [-0.2, -0.15) is 0 Å². The molecule has 1 fully saturated rings. The molecule has 0 saturated heterocycles. The first-order valence-corrected chi connectivity index (χ1v) is 6.52. The van der Waals surface area contributed by atoms with Crippen LogP contribution in [0.4, 0.5) is 10.1 Å². The van der Waals surface area contributed by atoms with E-state index in [9.17, 15) is 14.0 Å². The Balaban J connectivity index is 2.20. The zero-order valence-electron chi connectivity index (χ0n) is 11.0. The molecule has 1 aliphatic carbocycles. The van der Waals surface area contributed by atoms with Crippen molar-refractivity contribution in [1.29, 1.82) is 0 Å². The van der Waals surface area contributed by atoms with E-state index in [0.29, 0.717) is 12.8 Å². The molecule has 5 nitrogen and oxygen atoms in total. The lowest BCUT2D eigenvalue weighted by Gasteiger charge is -2.29. The number of nitrogen functional groups attached to an aromatic ring is 1. The molecule has 1 aromatic carbocycles. The maximum atomic E-state index is 13.4. The molecule has 0 aliphatic heterocycles. The van der Waals surface area contributed by atoms with Crippen LogP contribution in [0.5, 0.6) is 0 Å². The highest BCUT2D eigenvalue weighted by Crippen LogP contribution is 2.33. The molecule has 0 unspecified atom stereocenters. The fourth-order valence-electron chi connectivity index (χ4n) is 2.73. The van der Waals surface area contributed by atoms with E-state index in [1.807, 2.05) is 0 Å². The van der Waals surface area contributed by atoms with Gasteiger partial charge in [-0.15, -0.1) is 0 Å². The van der Waals surface area contributed by atoms with Gasteiger partial charge in [-0.1, -0.05) is 18.9 Å². The number of para-hydroxylation sites is 1. The zero-order chi connectivity index (χ0) is 14.8. The maximum Gasteiger partial charge on any atom is 0.305 e. The molecule has 1 saturated carbocycles. The number of benzene rings is 1. The van der Waals surface area contributed by atoms with Crippen molar-refractivity contribution in [2.24, 2.45) is 0 Å². The van der Waals surface area contributed by atoms with Crippen molar-refractivity contribution >= 4 is 17.6 Å². The highest BCUT2D eigenvalue weighted by Gasteiger charge is 2.37. The van der Waals surface area contributed by atoms with Crippen LogP contribution in [-0.2, 0) is 4.79 Å².